The summed E-state index contributed by atoms with van der Waals surface area (Å²) in [5.74, 6) is 1.12. The second-order valence-corrected chi connectivity index (χ2v) is 5.15. The van der Waals surface area contributed by atoms with Crippen molar-refractivity contribution in [1.29, 1.82) is 0 Å². The Labute approximate surface area is 113 Å². The standard InChI is InChI=1S/C13H9ClO3S/c14-8-5-6-18-13(8)12(15)11-7-16-9-3-1-2-4-10(9)17-11/h1-6,11H,7H2. The van der Waals surface area contributed by atoms with Crippen molar-refractivity contribution in [1.82, 2.24) is 0 Å². The van der Waals surface area contributed by atoms with Gasteiger partial charge in [-0.1, -0.05) is 23.7 Å². The summed E-state index contributed by atoms with van der Waals surface area (Å²) in [4.78, 5) is 12.7. The maximum atomic E-state index is 12.2. The van der Waals surface area contributed by atoms with Crippen LogP contribution < -0.4 is 9.47 Å². The highest BCUT2D eigenvalue weighted by molar-refractivity contribution is 7.12. The average Bonchev–Trinajstić information content (AvgIpc) is 2.83. The molecule has 0 bridgehead atoms. The lowest BCUT2D eigenvalue weighted by Gasteiger charge is -2.25. The number of rotatable bonds is 2. The summed E-state index contributed by atoms with van der Waals surface area (Å²) < 4.78 is 11.2. The largest absolute Gasteiger partial charge is 0.485 e. The zero-order chi connectivity index (χ0) is 12.5. The number of ketones is 1. The zero-order valence-electron chi connectivity index (χ0n) is 9.26. The Morgan fingerprint density at radius 2 is 2.06 bits per heavy atom. The van der Waals surface area contributed by atoms with E-state index in [0.717, 1.165) is 0 Å². The van der Waals surface area contributed by atoms with Gasteiger partial charge in [-0.05, 0) is 23.6 Å². The van der Waals surface area contributed by atoms with Crippen molar-refractivity contribution >= 4 is 28.7 Å². The van der Waals surface area contributed by atoms with Crippen LogP contribution in [-0.4, -0.2) is 18.5 Å². The fourth-order valence-electron chi connectivity index (χ4n) is 1.76. The van der Waals surface area contributed by atoms with E-state index in [1.165, 1.54) is 11.3 Å². The molecule has 1 aliphatic heterocycles. The van der Waals surface area contributed by atoms with Crippen molar-refractivity contribution in [3.05, 3.63) is 45.6 Å². The molecule has 2 aromatic rings. The Morgan fingerprint density at radius 1 is 1.28 bits per heavy atom. The first-order valence-corrected chi connectivity index (χ1v) is 6.67. The summed E-state index contributed by atoms with van der Waals surface area (Å²) in [6.45, 7) is 0.212. The quantitative estimate of drug-likeness (QED) is 0.791. The van der Waals surface area contributed by atoms with E-state index >= 15 is 0 Å². The molecule has 3 rings (SSSR count). The summed E-state index contributed by atoms with van der Waals surface area (Å²) in [5.41, 5.74) is 0. The predicted octanol–water partition coefficient (Wildman–Crippen LogP) is 3.42. The zero-order valence-corrected chi connectivity index (χ0v) is 10.8. The van der Waals surface area contributed by atoms with Gasteiger partial charge in [0.1, 0.15) is 6.61 Å². The highest BCUT2D eigenvalue weighted by atomic mass is 35.5. The topological polar surface area (TPSA) is 35.5 Å². The lowest BCUT2D eigenvalue weighted by Crippen LogP contribution is -2.36. The highest BCUT2D eigenvalue weighted by Crippen LogP contribution is 2.33. The van der Waals surface area contributed by atoms with Crippen LogP contribution in [0.1, 0.15) is 9.67 Å². The van der Waals surface area contributed by atoms with Gasteiger partial charge in [0, 0.05) is 0 Å². The van der Waals surface area contributed by atoms with Gasteiger partial charge >= 0.3 is 0 Å². The normalized spacial score (nSPS) is 17.5. The molecule has 1 aliphatic rings. The van der Waals surface area contributed by atoms with Gasteiger partial charge in [0.15, 0.2) is 17.6 Å². The van der Waals surface area contributed by atoms with Crippen molar-refractivity contribution in [3.8, 4) is 11.5 Å². The van der Waals surface area contributed by atoms with E-state index in [-0.39, 0.29) is 12.4 Å². The third kappa shape index (κ3) is 1.98. The molecule has 1 aromatic heterocycles. The lowest BCUT2D eigenvalue weighted by atomic mass is 10.2. The maximum Gasteiger partial charge on any atom is 0.218 e. The van der Waals surface area contributed by atoms with Crippen molar-refractivity contribution in [2.75, 3.05) is 6.61 Å². The molecule has 0 saturated heterocycles. The summed E-state index contributed by atoms with van der Waals surface area (Å²) in [7, 11) is 0. The summed E-state index contributed by atoms with van der Waals surface area (Å²) in [6.07, 6.45) is -0.629. The van der Waals surface area contributed by atoms with Gasteiger partial charge in [-0.2, -0.15) is 0 Å². The fraction of sp³-hybridized carbons (Fsp3) is 0.154. The molecule has 0 saturated carbocycles. The van der Waals surface area contributed by atoms with E-state index < -0.39 is 6.10 Å². The number of carbonyl (C=O) groups excluding carboxylic acids is 1. The van der Waals surface area contributed by atoms with Gasteiger partial charge in [0.25, 0.3) is 0 Å². The third-order valence-corrected chi connectivity index (χ3v) is 4.00. The number of hydrogen-bond acceptors (Lipinski definition) is 4. The van der Waals surface area contributed by atoms with Crippen molar-refractivity contribution in [2.24, 2.45) is 0 Å². The van der Waals surface area contributed by atoms with E-state index in [1.54, 1.807) is 17.5 Å². The predicted molar refractivity (Wildman–Crippen MR) is 70.0 cm³/mol. The van der Waals surface area contributed by atoms with Crippen LogP contribution in [-0.2, 0) is 0 Å². The molecule has 92 valence electrons. The van der Waals surface area contributed by atoms with Crippen molar-refractivity contribution in [2.45, 2.75) is 6.10 Å². The molecule has 1 aromatic carbocycles. The van der Waals surface area contributed by atoms with Crippen LogP contribution in [0.2, 0.25) is 5.02 Å². The van der Waals surface area contributed by atoms with Gasteiger partial charge in [-0.25, -0.2) is 0 Å². The first-order chi connectivity index (χ1) is 8.75. The van der Waals surface area contributed by atoms with E-state index in [0.29, 0.717) is 21.4 Å². The summed E-state index contributed by atoms with van der Waals surface area (Å²) in [5, 5.41) is 2.25. The van der Waals surface area contributed by atoms with Crippen LogP contribution in [0.3, 0.4) is 0 Å². The number of benzene rings is 1. The van der Waals surface area contributed by atoms with Gasteiger partial charge in [0.2, 0.25) is 5.78 Å². The first-order valence-electron chi connectivity index (χ1n) is 5.41. The number of ether oxygens (including phenoxy) is 2. The molecule has 0 fully saturated rings. The molecule has 1 unspecified atom stereocenters. The second-order valence-electron chi connectivity index (χ2n) is 3.83. The van der Waals surface area contributed by atoms with Gasteiger partial charge in [0.05, 0.1) is 9.90 Å². The molecule has 0 aliphatic carbocycles. The van der Waals surface area contributed by atoms with E-state index in [9.17, 15) is 4.79 Å². The lowest BCUT2D eigenvalue weighted by molar-refractivity contribution is 0.0590. The molecule has 3 nitrogen and oxygen atoms in total. The van der Waals surface area contributed by atoms with Crippen LogP contribution in [0.25, 0.3) is 0 Å². The Balaban J connectivity index is 1.84. The Bertz CT molecular complexity index is 593. The molecule has 0 amide bonds. The molecule has 0 radical (unpaired) electrons. The van der Waals surface area contributed by atoms with Gasteiger partial charge in [-0.3, -0.25) is 4.79 Å². The molecule has 0 spiro atoms. The van der Waals surface area contributed by atoms with Crippen LogP contribution in [0.4, 0.5) is 0 Å². The number of fused-ring (bicyclic) bond motifs is 1. The van der Waals surface area contributed by atoms with E-state index in [4.69, 9.17) is 21.1 Å². The van der Waals surface area contributed by atoms with Crippen molar-refractivity contribution in [3.63, 3.8) is 0 Å². The molecule has 1 atom stereocenters. The molecular weight excluding hydrogens is 272 g/mol. The van der Waals surface area contributed by atoms with Crippen LogP contribution in [0.5, 0.6) is 11.5 Å². The van der Waals surface area contributed by atoms with Gasteiger partial charge < -0.3 is 9.47 Å². The first kappa shape index (κ1) is 11.6. The molecule has 5 heteroatoms. The van der Waals surface area contributed by atoms with E-state index in [2.05, 4.69) is 0 Å². The van der Waals surface area contributed by atoms with Crippen LogP contribution in [0.15, 0.2) is 35.7 Å². The second kappa shape index (κ2) is 4.63. The number of halogens is 1. The third-order valence-electron chi connectivity index (χ3n) is 2.64. The number of carbonyl (C=O) groups is 1. The van der Waals surface area contributed by atoms with Gasteiger partial charge in [-0.15, -0.1) is 11.3 Å². The smallest absolute Gasteiger partial charge is 0.218 e. The van der Waals surface area contributed by atoms with Crippen LogP contribution >= 0.6 is 22.9 Å². The molecular formula is C13H9ClO3S. The monoisotopic (exact) mass is 280 g/mol. The Morgan fingerprint density at radius 3 is 2.78 bits per heavy atom. The SMILES string of the molecule is O=C(c1sccc1Cl)C1COc2ccccc2O1. The number of thiophene rings is 1. The minimum Gasteiger partial charge on any atom is -0.485 e. The van der Waals surface area contributed by atoms with Crippen molar-refractivity contribution < 1.29 is 14.3 Å². The van der Waals surface area contributed by atoms with E-state index in [1.807, 2.05) is 18.2 Å². The summed E-state index contributed by atoms with van der Waals surface area (Å²) >= 11 is 7.26. The Hall–Kier alpha value is -1.52. The average molecular weight is 281 g/mol. The van der Waals surface area contributed by atoms with Crippen LogP contribution in [0, 0.1) is 0 Å². The summed E-state index contributed by atoms with van der Waals surface area (Å²) in [6, 6.07) is 9.00. The minimum absolute atomic E-state index is 0.135. The number of Topliss-reactive ketones (excluding diaryl/α,β-unsaturated/α-hetero) is 1. The molecule has 18 heavy (non-hydrogen) atoms. The highest BCUT2D eigenvalue weighted by Gasteiger charge is 2.29. The fourth-order valence-corrected chi connectivity index (χ4v) is 2.90. The number of para-hydroxylation sites is 2. The molecule has 0 N–H and O–H groups in total. The number of hydrogen-bond donors (Lipinski definition) is 0. The molecule has 2 heterocycles. The maximum absolute atomic E-state index is 12.2. The minimum atomic E-state index is -0.629. The Kier molecular flexibility index (Phi) is 2.97.